The van der Waals surface area contributed by atoms with E-state index in [1.807, 2.05) is 97.1 Å². The molecule has 0 spiro atoms. The second-order valence-electron chi connectivity index (χ2n) is 9.07. The first-order valence-corrected chi connectivity index (χ1v) is 13.7. The lowest BCUT2D eigenvalue weighted by molar-refractivity contribution is 0.0710. The maximum Gasteiger partial charge on any atom is 0.275 e. The molecule has 2 heterocycles. The number of carbonyl (C=O) groups is 1. The lowest BCUT2D eigenvalue weighted by atomic mass is 9.91. The van der Waals surface area contributed by atoms with Crippen molar-refractivity contribution in [1.29, 1.82) is 0 Å². The fourth-order valence-electron chi connectivity index (χ4n) is 4.99. The van der Waals surface area contributed by atoms with Gasteiger partial charge in [0.2, 0.25) is 0 Å². The fourth-order valence-corrected chi connectivity index (χ4v) is 5.80. The number of halogens is 2. The van der Waals surface area contributed by atoms with E-state index in [1.165, 1.54) is 5.01 Å². The Morgan fingerprint density at radius 2 is 1.53 bits per heavy atom. The Balaban J connectivity index is 1.58. The fraction of sp³-hybridized carbons (Fsp3) is 0.0645. The molecule has 186 valence electrons. The average molecular weight is 627 g/mol. The Bertz CT molecular complexity index is 1770. The molecule has 1 amide bonds. The van der Waals surface area contributed by atoms with Gasteiger partial charge in [0, 0.05) is 31.8 Å². The van der Waals surface area contributed by atoms with E-state index >= 15 is 0 Å². The molecule has 1 aliphatic rings. The van der Waals surface area contributed by atoms with Gasteiger partial charge in [0.05, 0.1) is 22.9 Å². The van der Waals surface area contributed by atoms with Crippen molar-refractivity contribution in [2.45, 2.75) is 12.5 Å². The first-order chi connectivity index (χ1) is 18.5. The molecule has 1 atom stereocenters. The third-order valence-electron chi connectivity index (χ3n) is 6.73. The maximum atomic E-state index is 13.8. The molecule has 0 saturated carbocycles. The molecule has 0 unspecified atom stereocenters. The Hall–Kier alpha value is -3.81. The van der Waals surface area contributed by atoms with Gasteiger partial charge in [0.1, 0.15) is 0 Å². The van der Waals surface area contributed by atoms with Crippen LogP contribution in [-0.4, -0.2) is 21.6 Å². The summed E-state index contributed by atoms with van der Waals surface area (Å²) in [5.74, 6) is -0.234. The van der Waals surface area contributed by atoms with Crippen molar-refractivity contribution in [3.05, 3.63) is 139 Å². The number of hydrazone groups is 1. The third kappa shape index (κ3) is 4.42. The number of pyridine rings is 1. The molecule has 4 aromatic carbocycles. The van der Waals surface area contributed by atoms with E-state index in [0.717, 1.165) is 32.1 Å². The summed E-state index contributed by atoms with van der Waals surface area (Å²) in [6.45, 7) is 0. The second kappa shape index (κ2) is 10.2. The molecule has 1 aromatic heterocycles. The number of aromatic nitrogens is 1. The zero-order chi connectivity index (χ0) is 26.2. The number of fused-ring (bicyclic) bond motifs is 1. The summed E-state index contributed by atoms with van der Waals surface area (Å²) in [4.78, 5) is 30.5. The van der Waals surface area contributed by atoms with Crippen molar-refractivity contribution in [2.75, 3.05) is 0 Å². The summed E-state index contributed by atoms with van der Waals surface area (Å²) in [6, 6.07) is 32.4. The van der Waals surface area contributed by atoms with Gasteiger partial charge in [-0.05, 0) is 57.4 Å². The van der Waals surface area contributed by atoms with Crippen LogP contribution < -0.4 is 5.56 Å². The SMILES string of the molecule is O=C(c1ccccc1Br)N1N=C(c2c(-c3ccccc3)c3cc(Br)ccc3[nH]c2=O)C[C@@H]1c1ccccc1. The predicted octanol–water partition coefficient (Wildman–Crippen LogP) is 7.71. The Kier molecular flexibility index (Phi) is 6.55. The van der Waals surface area contributed by atoms with Crippen LogP contribution in [0.2, 0.25) is 0 Å². The van der Waals surface area contributed by atoms with E-state index in [4.69, 9.17) is 5.10 Å². The normalized spacial score (nSPS) is 15.1. The van der Waals surface area contributed by atoms with Crippen molar-refractivity contribution < 1.29 is 4.79 Å². The van der Waals surface area contributed by atoms with E-state index in [2.05, 4.69) is 36.8 Å². The molecule has 5 nitrogen and oxygen atoms in total. The molecule has 38 heavy (non-hydrogen) atoms. The van der Waals surface area contributed by atoms with E-state index in [0.29, 0.717) is 27.7 Å². The summed E-state index contributed by atoms with van der Waals surface area (Å²) in [5, 5.41) is 7.27. The zero-order valence-corrected chi connectivity index (χ0v) is 23.2. The number of H-pyrrole nitrogens is 1. The Morgan fingerprint density at radius 1 is 0.842 bits per heavy atom. The molecule has 5 aromatic rings. The summed E-state index contributed by atoms with van der Waals surface area (Å²) < 4.78 is 1.60. The van der Waals surface area contributed by atoms with Gasteiger partial charge in [-0.2, -0.15) is 5.10 Å². The highest BCUT2D eigenvalue weighted by molar-refractivity contribution is 9.10. The molecule has 6 rings (SSSR count). The predicted molar refractivity (Wildman–Crippen MR) is 158 cm³/mol. The Labute approximate surface area is 236 Å². The minimum atomic E-state index is -0.355. The average Bonchev–Trinajstić information content (AvgIpc) is 3.38. The number of hydrogen-bond acceptors (Lipinski definition) is 3. The standard InChI is InChI=1S/C31H21Br2N3O2/c32-21-15-16-25-23(17-21)28(20-11-5-2-6-12-20)29(30(37)34-25)26-18-27(19-9-3-1-4-10-19)36(35-26)31(38)22-13-7-8-14-24(22)33/h1-17,27H,18H2,(H,34,37)/t27-/m1/s1. The lowest BCUT2D eigenvalue weighted by Gasteiger charge is -2.22. The van der Waals surface area contributed by atoms with Crippen molar-refractivity contribution in [3.8, 4) is 11.1 Å². The molecule has 1 N–H and O–H groups in total. The van der Waals surface area contributed by atoms with Crippen LogP contribution in [0.15, 0.2) is 122 Å². The Morgan fingerprint density at radius 3 is 2.26 bits per heavy atom. The minimum absolute atomic E-state index is 0.234. The number of carbonyl (C=O) groups excluding carboxylic acids is 1. The molecule has 0 bridgehead atoms. The van der Waals surface area contributed by atoms with Gasteiger partial charge in [-0.15, -0.1) is 0 Å². The molecule has 1 aliphatic heterocycles. The van der Waals surface area contributed by atoms with Crippen molar-refractivity contribution in [2.24, 2.45) is 5.10 Å². The van der Waals surface area contributed by atoms with E-state index in [1.54, 1.807) is 6.07 Å². The van der Waals surface area contributed by atoms with Gasteiger partial charge >= 0.3 is 0 Å². The lowest BCUT2D eigenvalue weighted by Crippen LogP contribution is -2.27. The number of aromatic amines is 1. The van der Waals surface area contributed by atoms with Gasteiger partial charge in [-0.25, -0.2) is 5.01 Å². The highest BCUT2D eigenvalue weighted by Crippen LogP contribution is 2.38. The second-order valence-corrected chi connectivity index (χ2v) is 10.8. The largest absolute Gasteiger partial charge is 0.321 e. The van der Waals surface area contributed by atoms with Crippen LogP contribution in [0.4, 0.5) is 0 Å². The molecule has 0 saturated heterocycles. The first kappa shape index (κ1) is 24.5. The maximum absolute atomic E-state index is 13.8. The van der Waals surface area contributed by atoms with Crippen LogP contribution in [0.1, 0.15) is 33.9 Å². The van der Waals surface area contributed by atoms with Crippen LogP contribution in [0.5, 0.6) is 0 Å². The van der Waals surface area contributed by atoms with E-state index in [9.17, 15) is 9.59 Å². The van der Waals surface area contributed by atoms with Gasteiger partial charge in [-0.3, -0.25) is 9.59 Å². The van der Waals surface area contributed by atoms with Gasteiger partial charge in [0.15, 0.2) is 0 Å². The van der Waals surface area contributed by atoms with Gasteiger partial charge in [0.25, 0.3) is 11.5 Å². The number of benzene rings is 4. The molecular formula is C31H21Br2N3O2. The number of rotatable bonds is 4. The van der Waals surface area contributed by atoms with Gasteiger partial charge < -0.3 is 4.98 Å². The van der Waals surface area contributed by atoms with Gasteiger partial charge in [-0.1, -0.05) is 88.7 Å². The van der Waals surface area contributed by atoms with Crippen LogP contribution in [0, 0.1) is 0 Å². The van der Waals surface area contributed by atoms with E-state index in [-0.39, 0.29) is 17.5 Å². The summed E-state index contributed by atoms with van der Waals surface area (Å²) >= 11 is 7.10. The first-order valence-electron chi connectivity index (χ1n) is 12.1. The van der Waals surface area contributed by atoms with Crippen LogP contribution in [0.25, 0.3) is 22.0 Å². The highest BCUT2D eigenvalue weighted by atomic mass is 79.9. The topological polar surface area (TPSA) is 65.5 Å². The quantitative estimate of drug-likeness (QED) is 0.222. The van der Waals surface area contributed by atoms with Crippen molar-refractivity contribution >= 4 is 54.4 Å². The number of nitrogens with zero attached hydrogens (tertiary/aromatic N) is 2. The molecule has 0 radical (unpaired) electrons. The summed E-state index contributed by atoms with van der Waals surface area (Å²) in [6.07, 6.45) is 0.405. The monoisotopic (exact) mass is 625 g/mol. The summed E-state index contributed by atoms with van der Waals surface area (Å²) in [5.41, 5.74) is 4.72. The molecule has 0 fully saturated rings. The number of amides is 1. The van der Waals surface area contributed by atoms with Crippen LogP contribution >= 0.6 is 31.9 Å². The highest BCUT2D eigenvalue weighted by Gasteiger charge is 2.36. The minimum Gasteiger partial charge on any atom is -0.321 e. The van der Waals surface area contributed by atoms with Crippen molar-refractivity contribution in [1.82, 2.24) is 9.99 Å². The third-order valence-corrected chi connectivity index (χ3v) is 7.92. The zero-order valence-electron chi connectivity index (χ0n) is 20.1. The number of hydrogen-bond donors (Lipinski definition) is 1. The van der Waals surface area contributed by atoms with Crippen LogP contribution in [0.3, 0.4) is 0 Å². The summed E-state index contributed by atoms with van der Waals surface area (Å²) in [7, 11) is 0. The smallest absolute Gasteiger partial charge is 0.275 e. The van der Waals surface area contributed by atoms with Crippen molar-refractivity contribution in [3.63, 3.8) is 0 Å². The molecule has 7 heteroatoms. The number of nitrogens with one attached hydrogen (secondary N) is 1. The molecular weight excluding hydrogens is 606 g/mol. The molecule has 0 aliphatic carbocycles. The van der Waals surface area contributed by atoms with Crippen LogP contribution in [-0.2, 0) is 0 Å². The van der Waals surface area contributed by atoms with E-state index < -0.39 is 0 Å².